The zero-order valence-corrected chi connectivity index (χ0v) is 12.1. The van der Waals surface area contributed by atoms with Gasteiger partial charge in [0.2, 0.25) is 0 Å². The Labute approximate surface area is 115 Å². The first-order valence-electron chi connectivity index (χ1n) is 5.84. The third-order valence-electron chi connectivity index (χ3n) is 3.09. The van der Waals surface area contributed by atoms with Crippen molar-refractivity contribution in [1.29, 1.82) is 0 Å². The summed E-state index contributed by atoms with van der Waals surface area (Å²) in [5.74, 6) is -0.971. The van der Waals surface area contributed by atoms with Crippen molar-refractivity contribution in [3.8, 4) is 0 Å². The topological polar surface area (TPSA) is 69.6 Å². The summed E-state index contributed by atoms with van der Waals surface area (Å²) < 4.78 is 0.728. The number of halogens is 1. The smallest absolute Gasteiger partial charge is 0.337 e. The van der Waals surface area contributed by atoms with Gasteiger partial charge in [0.25, 0.3) is 0 Å². The first-order chi connectivity index (χ1) is 8.41. The van der Waals surface area contributed by atoms with E-state index in [2.05, 4.69) is 21.2 Å². The molecular weight excluding hydrogens is 298 g/mol. The lowest BCUT2D eigenvalue weighted by Gasteiger charge is -2.31. The minimum absolute atomic E-state index is 0.0657. The first-order valence-corrected chi connectivity index (χ1v) is 6.63. The molecule has 0 aromatic heterocycles. The van der Waals surface area contributed by atoms with E-state index in [1.165, 1.54) is 0 Å². The number of anilines is 1. The average molecular weight is 316 g/mol. The van der Waals surface area contributed by atoms with E-state index in [4.69, 9.17) is 5.11 Å². The van der Waals surface area contributed by atoms with Crippen LogP contribution in [0.15, 0.2) is 22.7 Å². The van der Waals surface area contributed by atoms with Crippen LogP contribution in [-0.4, -0.2) is 28.3 Å². The summed E-state index contributed by atoms with van der Waals surface area (Å²) in [6.07, 6.45) is 1.36. The number of carboxylic acid groups (broad SMARTS) is 1. The molecule has 1 unspecified atom stereocenters. The van der Waals surface area contributed by atoms with Gasteiger partial charge in [-0.25, -0.2) is 4.79 Å². The van der Waals surface area contributed by atoms with Crippen LogP contribution in [0, 0.1) is 0 Å². The van der Waals surface area contributed by atoms with Crippen LogP contribution in [0.5, 0.6) is 0 Å². The number of aliphatic hydroxyl groups excluding tert-OH is 1. The number of aliphatic hydroxyl groups is 1. The molecule has 0 aliphatic carbocycles. The molecule has 0 saturated heterocycles. The summed E-state index contributed by atoms with van der Waals surface area (Å²) in [5.41, 5.74) is 0.484. The third-order valence-corrected chi connectivity index (χ3v) is 3.59. The molecule has 1 atom stereocenters. The highest BCUT2D eigenvalue weighted by molar-refractivity contribution is 9.10. The second kappa shape index (κ2) is 6.20. The summed E-state index contributed by atoms with van der Waals surface area (Å²) in [7, 11) is 0. The fraction of sp³-hybridized carbons (Fsp3) is 0.462. The molecule has 0 amide bonds. The molecule has 5 heteroatoms. The minimum atomic E-state index is -0.971. The normalized spacial score (nSPS) is 14.0. The van der Waals surface area contributed by atoms with E-state index < -0.39 is 5.97 Å². The van der Waals surface area contributed by atoms with Crippen molar-refractivity contribution in [2.24, 2.45) is 0 Å². The van der Waals surface area contributed by atoms with Crippen molar-refractivity contribution in [2.75, 3.05) is 11.9 Å². The van der Waals surface area contributed by atoms with Crippen molar-refractivity contribution in [1.82, 2.24) is 0 Å². The molecule has 1 rings (SSSR count). The Bertz CT molecular complexity index is 436. The van der Waals surface area contributed by atoms with Crippen LogP contribution < -0.4 is 5.32 Å². The van der Waals surface area contributed by atoms with Crippen LogP contribution in [0.3, 0.4) is 0 Å². The van der Waals surface area contributed by atoms with Crippen molar-refractivity contribution in [3.05, 3.63) is 28.2 Å². The van der Waals surface area contributed by atoms with Gasteiger partial charge < -0.3 is 15.5 Å². The summed E-state index contributed by atoms with van der Waals surface area (Å²) in [6, 6.07) is 5.10. The van der Waals surface area contributed by atoms with Crippen LogP contribution >= 0.6 is 15.9 Å². The average Bonchev–Trinajstić information content (AvgIpc) is 2.31. The maximum absolute atomic E-state index is 11.2. The number of aromatic carboxylic acids is 1. The van der Waals surface area contributed by atoms with Gasteiger partial charge in [-0.3, -0.25) is 0 Å². The van der Waals surface area contributed by atoms with E-state index >= 15 is 0 Å². The molecule has 1 aromatic carbocycles. The fourth-order valence-electron chi connectivity index (χ4n) is 1.70. The number of carboxylic acids is 1. The van der Waals surface area contributed by atoms with E-state index in [-0.39, 0.29) is 17.7 Å². The Kier molecular flexibility index (Phi) is 5.16. The molecule has 0 spiro atoms. The molecule has 3 N–H and O–H groups in total. The summed E-state index contributed by atoms with van der Waals surface area (Å²) in [5, 5.41) is 21.5. The van der Waals surface area contributed by atoms with E-state index in [1.54, 1.807) is 18.2 Å². The molecule has 0 fully saturated rings. The molecule has 0 radical (unpaired) electrons. The van der Waals surface area contributed by atoms with Crippen LogP contribution in [0.25, 0.3) is 0 Å². The van der Waals surface area contributed by atoms with E-state index in [1.807, 2.05) is 13.8 Å². The fourth-order valence-corrected chi connectivity index (χ4v) is 2.06. The van der Waals surface area contributed by atoms with E-state index in [9.17, 15) is 9.90 Å². The molecule has 1 aromatic rings. The number of hydrogen-bond acceptors (Lipinski definition) is 3. The molecule has 18 heavy (non-hydrogen) atoms. The van der Waals surface area contributed by atoms with Gasteiger partial charge in [0.1, 0.15) is 0 Å². The highest BCUT2D eigenvalue weighted by atomic mass is 79.9. The lowest BCUT2D eigenvalue weighted by Crippen LogP contribution is -2.35. The highest BCUT2D eigenvalue weighted by Gasteiger charge is 2.23. The highest BCUT2D eigenvalue weighted by Crippen LogP contribution is 2.27. The van der Waals surface area contributed by atoms with Gasteiger partial charge in [-0.05, 0) is 38.0 Å². The van der Waals surface area contributed by atoms with Gasteiger partial charge in [-0.1, -0.05) is 22.9 Å². The van der Waals surface area contributed by atoms with Gasteiger partial charge in [0.05, 0.1) is 5.56 Å². The summed E-state index contributed by atoms with van der Waals surface area (Å²) in [4.78, 5) is 11.2. The predicted molar refractivity (Wildman–Crippen MR) is 75.1 cm³/mol. The standard InChI is InChI=1S/C13H18BrNO3/c1-3-13(2,6-7-16)15-11-5-4-9(14)8-10(11)12(17)18/h4-5,8,15-16H,3,6-7H2,1-2H3,(H,17,18). The number of hydrogen-bond donors (Lipinski definition) is 3. The summed E-state index contributed by atoms with van der Waals surface area (Å²) >= 11 is 3.26. The number of rotatable bonds is 6. The lowest BCUT2D eigenvalue weighted by atomic mass is 9.94. The van der Waals surface area contributed by atoms with Crippen LogP contribution in [0.1, 0.15) is 37.0 Å². The molecule has 0 saturated carbocycles. The van der Waals surface area contributed by atoms with Crippen molar-refractivity contribution >= 4 is 27.6 Å². The van der Waals surface area contributed by atoms with Gasteiger partial charge in [0, 0.05) is 22.3 Å². The minimum Gasteiger partial charge on any atom is -0.478 e. The molecule has 0 heterocycles. The zero-order valence-electron chi connectivity index (χ0n) is 10.5. The maximum atomic E-state index is 11.2. The second-order valence-electron chi connectivity index (χ2n) is 4.51. The Balaban J connectivity index is 3.06. The maximum Gasteiger partial charge on any atom is 0.337 e. The first kappa shape index (κ1) is 15.0. The lowest BCUT2D eigenvalue weighted by molar-refractivity contribution is 0.0697. The molecule has 0 bridgehead atoms. The number of nitrogens with one attached hydrogen (secondary N) is 1. The number of carbonyl (C=O) groups is 1. The van der Waals surface area contributed by atoms with Crippen molar-refractivity contribution in [2.45, 2.75) is 32.2 Å². The zero-order chi connectivity index (χ0) is 13.8. The SMILES string of the molecule is CCC(C)(CCO)Nc1ccc(Br)cc1C(=O)O. The Morgan fingerprint density at radius 3 is 2.67 bits per heavy atom. The van der Waals surface area contributed by atoms with Crippen LogP contribution in [0.2, 0.25) is 0 Å². The molecule has 4 nitrogen and oxygen atoms in total. The quantitative estimate of drug-likeness (QED) is 0.754. The largest absolute Gasteiger partial charge is 0.478 e. The Hall–Kier alpha value is -1.07. The monoisotopic (exact) mass is 315 g/mol. The number of benzene rings is 1. The van der Waals surface area contributed by atoms with E-state index in [0.29, 0.717) is 12.1 Å². The van der Waals surface area contributed by atoms with E-state index in [0.717, 1.165) is 10.9 Å². The molecule has 0 aliphatic heterocycles. The van der Waals surface area contributed by atoms with Gasteiger partial charge in [-0.15, -0.1) is 0 Å². The third kappa shape index (κ3) is 3.71. The molecular formula is C13H18BrNO3. The van der Waals surface area contributed by atoms with Crippen LogP contribution in [-0.2, 0) is 0 Å². The Morgan fingerprint density at radius 1 is 1.50 bits per heavy atom. The van der Waals surface area contributed by atoms with Gasteiger partial charge >= 0.3 is 5.97 Å². The molecule has 100 valence electrons. The Morgan fingerprint density at radius 2 is 2.17 bits per heavy atom. The predicted octanol–water partition coefficient (Wildman–Crippen LogP) is 3.11. The van der Waals surface area contributed by atoms with Crippen LogP contribution in [0.4, 0.5) is 5.69 Å². The summed E-state index contributed by atoms with van der Waals surface area (Å²) in [6.45, 7) is 4.04. The second-order valence-corrected chi connectivity index (χ2v) is 5.42. The van der Waals surface area contributed by atoms with Gasteiger partial charge in [-0.2, -0.15) is 0 Å². The van der Waals surface area contributed by atoms with Crippen molar-refractivity contribution < 1.29 is 15.0 Å². The van der Waals surface area contributed by atoms with Gasteiger partial charge in [0.15, 0.2) is 0 Å². The molecule has 0 aliphatic rings. The van der Waals surface area contributed by atoms with Crippen molar-refractivity contribution in [3.63, 3.8) is 0 Å².